The minimum absolute atomic E-state index is 0.100. The molecule has 0 spiro atoms. The van der Waals surface area contributed by atoms with Crippen molar-refractivity contribution in [3.05, 3.63) is 83.6 Å². The molecule has 0 radical (unpaired) electrons. The Morgan fingerprint density at radius 1 is 1.28 bits per heavy atom. The quantitative estimate of drug-likeness (QED) is 0.354. The number of methoxy groups -OCH3 is 1. The Balaban J connectivity index is 1.55. The van der Waals surface area contributed by atoms with Crippen molar-refractivity contribution in [3.8, 4) is 5.75 Å². The lowest BCUT2D eigenvalue weighted by molar-refractivity contribution is -0.645. The minimum Gasteiger partial charge on any atom is -0.618 e. The predicted octanol–water partition coefficient (Wildman–Crippen LogP) is 3.39. The number of rotatable bonds is 6. The van der Waals surface area contributed by atoms with Crippen molar-refractivity contribution in [2.75, 3.05) is 12.9 Å². The van der Waals surface area contributed by atoms with Crippen LogP contribution < -0.4 is 9.47 Å². The van der Waals surface area contributed by atoms with E-state index in [1.165, 1.54) is 23.0 Å². The van der Waals surface area contributed by atoms with Gasteiger partial charge >= 0.3 is 0 Å². The fraction of sp³-hybridized carbons (Fsp3) is 0.190. The molecule has 1 aromatic carbocycles. The first-order valence-electron chi connectivity index (χ1n) is 9.04. The van der Waals surface area contributed by atoms with Gasteiger partial charge in [0.05, 0.1) is 24.8 Å². The highest BCUT2D eigenvalue weighted by Crippen LogP contribution is 2.34. The van der Waals surface area contributed by atoms with Crippen LogP contribution in [-0.2, 0) is 4.79 Å². The van der Waals surface area contributed by atoms with Gasteiger partial charge in [-0.25, -0.2) is 5.01 Å². The zero-order valence-corrected chi connectivity index (χ0v) is 16.5. The van der Waals surface area contributed by atoms with Gasteiger partial charge in [0.1, 0.15) is 17.6 Å². The van der Waals surface area contributed by atoms with E-state index >= 15 is 0 Å². The highest BCUT2D eigenvalue weighted by atomic mass is 32.2. The topological polar surface area (TPSA) is 82.0 Å². The van der Waals surface area contributed by atoms with Crippen LogP contribution in [0.25, 0.3) is 0 Å². The number of benzene rings is 1. The van der Waals surface area contributed by atoms with Crippen molar-refractivity contribution in [1.29, 1.82) is 0 Å². The van der Waals surface area contributed by atoms with E-state index in [1.54, 1.807) is 37.6 Å². The zero-order chi connectivity index (χ0) is 20.2. The average molecular weight is 409 g/mol. The maximum absolute atomic E-state index is 12.9. The lowest BCUT2D eigenvalue weighted by Crippen LogP contribution is -2.31. The van der Waals surface area contributed by atoms with Gasteiger partial charge in [-0.2, -0.15) is 9.83 Å². The Labute approximate surface area is 172 Å². The molecule has 3 heterocycles. The lowest BCUT2D eigenvalue weighted by Gasteiger charge is -2.19. The third-order valence-electron chi connectivity index (χ3n) is 4.59. The van der Waals surface area contributed by atoms with Crippen molar-refractivity contribution in [2.24, 2.45) is 5.10 Å². The molecule has 7 nitrogen and oxygen atoms in total. The van der Waals surface area contributed by atoms with E-state index in [4.69, 9.17) is 9.15 Å². The standard InChI is InChI=1S/C21H19N3O4S/c1-27-16-9-7-15(8-10-16)17-13-18(19-5-4-12-28-19)24(22-17)20(25)14-29-21-6-2-3-11-23(21)26/h2-12,18H,13-14H2,1H3. The molecular weight excluding hydrogens is 390 g/mol. The summed E-state index contributed by atoms with van der Waals surface area (Å²) in [6.07, 6.45) is 3.54. The van der Waals surface area contributed by atoms with Gasteiger partial charge in [0, 0.05) is 18.6 Å². The average Bonchev–Trinajstić information content (AvgIpc) is 3.43. The summed E-state index contributed by atoms with van der Waals surface area (Å²) >= 11 is 1.19. The molecule has 0 aliphatic carbocycles. The van der Waals surface area contributed by atoms with Gasteiger partial charge in [-0.3, -0.25) is 4.79 Å². The molecule has 3 aromatic rings. The summed E-state index contributed by atoms with van der Waals surface area (Å²) in [4.78, 5) is 12.9. The molecule has 0 fully saturated rings. The van der Waals surface area contributed by atoms with Crippen LogP contribution in [0.15, 0.2) is 81.6 Å². The third-order valence-corrected chi connectivity index (χ3v) is 5.60. The number of hydrazone groups is 1. The molecule has 8 heteroatoms. The van der Waals surface area contributed by atoms with Crippen LogP contribution in [0.2, 0.25) is 0 Å². The molecule has 0 saturated carbocycles. The van der Waals surface area contributed by atoms with Gasteiger partial charge in [-0.1, -0.05) is 0 Å². The summed E-state index contributed by atoms with van der Waals surface area (Å²) in [5, 5.41) is 18.3. The summed E-state index contributed by atoms with van der Waals surface area (Å²) in [5.74, 6) is 1.34. The Hall–Kier alpha value is -3.26. The second-order valence-electron chi connectivity index (χ2n) is 6.40. The monoisotopic (exact) mass is 409 g/mol. The second kappa shape index (κ2) is 8.40. The van der Waals surface area contributed by atoms with Crippen molar-refractivity contribution >= 4 is 23.4 Å². The summed E-state index contributed by atoms with van der Waals surface area (Å²) < 4.78 is 11.5. The van der Waals surface area contributed by atoms with Gasteiger partial charge < -0.3 is 14.4 Å². The largest absolute Gasteiger partial charge is 0.618 e. The Morgan fingerprint density at radius 3 is 2.79 bits per heavy atom. The summed E-state index contributed by atoms with van der Waals surface area (Å²) in [7, 11) is 1.62. The highest BCUT2D eigenvalue weighted by molar-refractivity contribution is 7.99. The van der Waals surface area contributed by atoms with Crippen molar-refractivity contribution in [2.45, 2.75) is 17.5 Å². The first-order chi connectivity index (χ1) is 14.2. The molecule has 1 aliphatic heterocycles. The van der Waals surface area contributed by atoms with Gasteiger partial charge in [0.25, 0.3) is 10.9 Å². The Bertz CT molecular complexity index is 1020. The fourth-order valence-corrected chi connectivity index (χ4v) is 3.89. The second-order valence-corrected chi connectivity index (χ2v) is 7.40. The zero-order valence-electron chi connectivity index (χ0n) is 15.7. The summed E-state index contributed by atoms with van der Waals surface area (Å²) in [5.41, 5.74) is 1.72. The molecule has 4 rings (SSSR count). The molecule has 0 saturated heterocycles. The number of furan rings is 1. The molecule has 1 amide bonds. The smallest absolute Gasteiger partial charge is 0.253 e. The molecular formula is C21H19N3O4S. The molecule has 0 N–H and O–H groups in total. The number of amides is 1. The predicted molar refractivity (Wildman–Crippen MR) is 109 cm³/mol. The van der Waals surface area contributed by atoms with E-state index in [2.05, 4.69) is 5.10 Å². The van der Waals surface area contributed by atoms with Gasteiger partial charge in [0.15, 0.2) is 6.20 Å². The minimum atomic E-state index is -0.314. The first kappa shape index (κ1) is 19.1. The maximum atomic E-state index is 12.9. The van der Waals surface area contributed by atoms with E-state index in [-0.39, 0.29) is 17.7 Å². The Morgan fingerprint density at radius 2 is 2.10 bits per heavy atom. The summed E-state index contributed by atoms with van der Waals surface area (Å²) in [6, 6.07) is 16.0. The lowest BCUT2D eigenvalue weighted by atomic mass is 10.0. The molecule has 1 atom stereocenters. The van der Waals surface area contributed by atoms with E-state index in [1.807, 2.05) is 30.3 Å². The van der Waals surface area contributed by atoms with Crippen molar-refractivity contribution in [3.63, 3.8) is 0 Å². The number of thioether (sulfide) groups is 1. The number of carbonyl (C=O) groups excluding carboxylic acids is 1. The number of ether oxygens (including phenoxy) is 1. The molecule has 1 unspecified atom stereocenters. The maximum Gasteiger partial charge on any atom is 0.253 e. The third kappa shape index (κ3) is 4.12. The van der Waals surface area contributed by atoms with Crippen LogP contribution in [0.4, 0.5) is 0 Å². The first-order valence-corrected chi connectivity index (χ1v) is 10.0. The van der Waals surface area contributed by atoms with E-state index in [9.17, 15) is 10.0 Å². The Kier molecular flexibility index (Phi) is 5.53. The normalized spacial score (nSPS) is 16.0. The van der Waals surface area contributed by atoms with Crippen LogP contribution >= 0.6 is 11.8 Å². The van der Waals surface area contributed by atoms with Crippen LogP contribution in [0.5, 0.6) is 5.75 Å². The molecule has 148 valence electrons. The van der Waals surface area contributed by atoms with Gasteiger partial charge in [0.2, 0.25) is 0 Å². The van der Waals surface area contributed by atoms with Crippen molar-refractivity contribution < 1.29 is 18.7 Å². The molecule has 0 bridgehead atoms. The SMILES string of the molecule is COc1ccc(C2=NN(C(=O)CSc3cccc[n+]3[O-])C(c3ccco3)C2)cc1. The molecule has 29 heavy (non-hydrogen) atoms. The van der Waals surface area contributed by atoms with Crippen LogP contribution in [0, 0.1) is 5.21 Å². The molecule has 2 aromatic heterocycles. The van der Waals surface area contributed by atoms with Gasteiger partial charge in [-0.15, -0.1) is 0 Å². The van der Waals surface area contributed by atoms with Gasteiger partial charge in [-0.05, 0) is 59.8 Å². The van der Waals surface area contributed by atoms with E-state index < -0.39 is 0 Å². The van der Waals surface area contributed by atoms with E-state index in [0.717, 1.165) is 21.8 Å². The number of hydrogen-bond donors (Lipinski definition) is 0. The van der Waals surface area contributed by atoms with Crippen LogP contribution in [-0.4, -0.2) is 29.5 Å². The number of carbonyl (C=O) groups is 1. The van der Waals surface area contributed by atoms with Crippen molar-refractivity contribution in [1.82, 2.24) is 5.01 Å². The number of pyridine rings is 1. The summed E-state index contributed by atoms with van der Waals surface area (Å²) in [6.45, 7) is 0. The number of aromatic nitrogens is 1. The number of hydrogen-bond acceptors (Lipinski definition) is 6. The number of nitrogens with zero attached hydrogens (tertiary/aromatic N) is 3. The van der Waals surface area contributed by atoms with E-state index in [0.29, 0.717) is 17.2 Å². The van der Waals surface area contributed by atoms with Crippen LogP contribution in [0.1, 0.15) is 23.8 Å². The molecule has 1 aliphatic rings. The van der Waals surface area contributed by atoms with Crippen LogP contribution in [0.3, 0.4) is 0 Å². The fourth-order valence-electron chi connectivity index (χ4n) is 3.13. The highest BCUT2D eigenvalue weighted by Gasteiger charge is 2.35.